The van der Waals surface area contributed by atoms with Gasteiger partial charge < -0.3 is 14.2 Å². The maximum atomic E-state index is 11.6. The number of nitrogens with zero attached hydrogens (tertiary/aromatic N) is 3. The number of anilines is 1. The summed E-state index contributed by atoms with van der Waals surface area (Å²) in [6, 6.07) is 26.2. The molecule has 0 saturated heterocycles. The molecule has 0 fully saturated rings. The fourth-order valence-corrected chi connectivity index (χ4v) is 4.67. The molecular weight excluding hydrogens is 528 g/mol. The molecule has 0 amide bonds. The van der Waals surface area contributed by atoms with E-state index in [4.69, 9.17) is 14.2 Å². The van der Waals surface area contributed by atoms with E-state index in [1.165, 1.54) is 12.1 Å². The Kier molecular flexibility index (Phi) is 7.59. The predicted octanol–water partition coefficient (Wildman–Crippen LogP) is 6.55. The molecule has 1 heterocycles. The van der Waals surface area contributed by atoms with E-state index >= 15 is 0 Å². The monoisotopic (exact) mass is 552 g/mol. The Labute approximate surface area is 234 Å². The number of nitro groups is 2. The number of hydrogen-bond donors (Lipinski definition) is 1. The van der Waals surface area contributed by atoms with E-state index in [2.05, 4.69) is 10.5 Å². The molecule has 0 spiro atoms. The minimum Gasteiger partial charge on any atom is -0.493 e. The van der Waals surface area contributed by atoms with Crippen LogP contribution in [0.5, 0.6) is 17.2 Å². The third-order valence-corrected chi connectivity index (χ3v) is 6.57. The summed E-state index contributed by atoms with van der Waals surface area (Å²) in [5.74, 6) is 1.92. The first-order valence-electron chi connectivity index (χ1n) is 12.4. The summed E-state index contributed by atoms with van der Waals surface area (Å²) >= 11 is 0. The van der Waals surface area contributed by atoms with Crippen LogP contribution in [0.15, 0.2) is 102 Å². The molecule has 0 aliphatic carbocycles. The van der Waals surface area contributed by atoms with Crippen molar-refractivity contribution < 1.29 is 24.1 Å². The number of fused-ring (bicyclic) bond motifs is 1. The Balaban J connectivity index is 1.66. The number of allylic oxidation sites excluding steroid dienone is 1. The fourth-order valence-electron chi connectivity index (χ4n) is 4.67. The number of methoxy groups -OCH3 is 2. The molecule has 0 bridgehead atoms. The number of para-hydroxylation sites is 1. The lowest BCUT2D eigenvalue weighted by atomic mass is 9.81. The number of rotatable bonds is 9. The average molecular weight is 553 g/mol. The number of nitro benzene ring substituents is 2. The zero-order chi connectivity index (χ0) is 28.9. The summed E-state index contributed by atoms with van der Waals surface area (Å²) in [7, 11) is 3.10. The van der Waals surface area contributed by atoms with Crippen LogP contribution in [-0.2, 0) is 0 Å². The second-order valence-electron chi connectivity index (χ2n) is 8.92. The lowest BCUT2D eigenvalue weighted by Crippen LogP contribution is -2.18. The summed E-state index contributed by atoms with van der Waals surface area (Å²) in [6.45, 7) is 0. The van der Waals surface area contributed by atoms with Crippen molar-refractivity contribution in [2.45, 2.75) is 5.92 Å². The number of hydrazone groups is 1. The quantitative estimate of drug-likeness (QED) is 0.140. The number of non-ortho nitro benzene ring substituents is 1. The molecule has 1 aliphatic rings. The second-order valence-corrected chi connectivity index (χ2v) is 8.92. The van der Waals surface area contributed by atoms with Crippen LogP contribution in [0.2, 0.25) is 0 Å². The van der Waals surface area contributed by atoms with E-state index in [1.54, 1.807) is 32.6 Å². The first-order chi connectivity index (χ1) is 19.9. The molecule has 0 saturated carbocycles. The van der Waals surface area contributed by atoms with Gasteiger partial charge in [-0.2, -0.15) is 5.10 Å². The third kappa shape index (κ3) is 5.41. The molecule has 1 atom stereocenters. The first-order valence-corrected chi connectivity index (χ1v) is 12.4. The van der Waals surface area contributed by atoms with E-state index < -0.39 is 21.2 Å². The molecule has 11 nitrogen and oxygen atoms in total. The molecule has 5 rings (SSSR count). The Morgan fingerprint density at radius 1 is 0.854 bits per heavy atom. The van der Waals surface area contributed by atoms with Gasteiger partial charge in [-0.25, -0.2) is 0 Å². The van der Waals surface area contributed by atoms with Gasteiger partial charge in [0.05, 0.1) is 36.3 Å². The highest BCUT2D eigenvalue weighted by molar-refractivity contribution is 5.94. The van der Waals surface area contributed by atoms with Crippen molar-refractivity contribution in [2.75, 3.05) is 19.6 Å². The van der Waals surface area contributed by atoms with Crippen LogP contribution in [0, 0.1) is 20.2 Å². The summed E-state index contributed by atoms with van der Waals surface area (Å²) in [5.41, 5.74) is 5.06. The topological polar surface area (TPSA) is 138 Å². The van der Waals surface area contributed by atoms with Gasteiger partial charge in [0, 0.05) is 28.7 Å². The van der Waals surface area contributed by atoms with Crippen LogP contribution < -0.4 is 19.6 Å². The standard InChI is InChI=1S/C30H24N4O7/c1-39-27-15-12-20(16-28(27)40-2)30-23(18-31-32-24-14-13-21(33(35)36)17-25(24)34(37)38)29(19-8-4-3-5-9-19)22-10-6-7-11-26(22)41-30/h3-18,29,32H,1-2H3. The van der Waals surface area contributed by atoms with Crippen molar-refractivity contribution in [2.24, 2.45) is 5.10 Å². The summed E-state index contributed by atoms with van der Waals surface area (Å²) in [4.78, 5) is 21.4. The van der Waals surface area contributed by atoms with Crippen LogP contribution in [0.25, 0.3) is 5.76 Å². The lowest BCUT2D eigenvalue weighted by Gasteiger charge is -2.30. The minimum atomic E-state index is -0.702. The van der Waals surface area contributed by atoms with Crippen molar-refractivity contribution >= 4 is 29.0 Å². The number of nitrogens with one attached hydrogen (secondary N) is 1. The molecule has 4 aromatic carbocycles. The van der Waals surface area contributed by atoms with Gasteiger partial charge in [-0.05, 0) is 35.9 Å². The minimum absolute atomic E-state index is 0.00138. The van der Waals surface area contributed by atoms with Gasteiger partial charge in [0.25, 0.3) is 5.69 Å². The molecule has 1 unspecified atom stereocenters. The normalized spacial score (nSPS) is 14.2. The Morgan fingerprint density at radius 2 is 1.59 bits per heavy atom. The average Bonchev–Trinajstić information content (AvgIpc) is 3.00. The Bertz CT molecular complexity index is 1690. The Hall–Kier alpha value is -5.71. The maximum Gasteiger partial charge on any atom is 0.301 e. The van der Waals surface area contributed by atoms with Crippen molar-refractivity contribution in [3.05, 3.63) is 133 Å². The van der Waals surface area contributed by atoms with Crippen molar-refractivity contribution in [3.63, 3.8) is 0 Å². The molecule has 11 heteroatoms. The molecule has 1 N–H and O–H groups in total. The number of hydrogen-bond acceptors (Lipinski definition) is 9. The lowest BCUT2D eigenvalue weighted by molar-refractivity contribution is -0.393. The molecule has 0 radical (unpaired) electrons. The van der Waals surface area contributed by atoms with Gasteiger partial charge in [-0.3, -0.25) is 25.7 Å². The van der Waals surface area contributed by atoms with Crippen LogP contribution in [0.3, 0.4) is 0 Å². The van der Waals surface area contributed by atoms with Gasteiger partial charge in [-0.1, -0.05) is 48.5 Å². The van der Waals surface area contributed by atoms with Crippen molar-refractivity contribution in [1.82, 2.24) is 0 Å². The zero-order valence-corrected chi connectivity index (χ0v) is 22.0. The van der Waals surface area contributed by atoms with E-state index in [9.17, 15) is 20.2 Å². The molecule has 4 aromatic rings. The molecule has 41 heavy (non-hydrogen) atoms. The number of ether oxygens (including phenoxy) is 3. The van der Waals surface area contributed by atoms with Gasteiger partial charge in [-0.15, -0.1) is 0 Å². The fraction of sp³-hybridized carbons (Fsp3) is 0.100. The van der Waals surface area contributed by atoms with Gasteiger partial charge in [0.2, 0.25) is 0 Å². The van der Waals surface area contributed by atoms with Gasteiger partial charge >= 0.3 is 5.69 Å². The summed E-state index contributed by atoms with van der Waals surface area (Å²) in [6.07, 6.45) is 1.55. The largest absolute Gasteiger partial charge is 0.493 e. The zero-order valence-electron chi connectivity index (χ0n) is 22.0. The smallest absolute Gasteiger partial charge is 0.301 e. The van der Waals surface area contributed by atoms with Crippen LogP contribution in [-0.4, -0.2) is 30.3 Å². The van der Waals surface area contributed by atoms with E-state index in [1.807, 2.05) is 60.7 Å². The molecular formula is C30H24N4O7. The predicted molar refractivity (Wildman–Crippen MR) is 154 cm³/mol. The molecule has 1 aliphatic heterocycles. The molecule has 206 valence electrons. The maximum absolute atomic E-state index is 11.6. The summed E-state index contributed by atoms with van der Waals surface area (Å²) in [5, 5.41) is 27.1. The summed E-state index contributed by atoms with van der Waals surface area (Å²) < 4.78 is 17.4. The van der Waals surface area contributed by atoms with Crippen molar-refractivity contribution in [1.29, 1.82) is 0 Å². The second kappa shape index (κ2) is 11.6. The van der Waals surface area contributed by atoms with E-state index in [0.29, 0.717) is 34.1 Å². The molecule has 0 aromatic heterocycles. The van der Waals surface area contributed by atoms with Crippen LogP contribution in [0.4, 0.5) is 17.1 Å². The van der Waals surface area contributed by atoms with Crippen LogP contribution in [0.1, 0.15) is 22.6 Å². The SMILES string of the molecule is COc1ccc(C2=C(C=NNc3ccc([N+](=O)[O-])cc3[N+](=O)[O-])C(c3ccccc3)c3ccccc3O2)cc1OC. The third-order valence-electron chi connectivity index (χ3n) is 6.57. The van der Waals surface area contributed by atoms with Crippen LogP contribution >= 0.6 is 0 Å². The number of benzene rings is 4. The van der Waals surface area contributed by atoms with Crippen molar-refractivity contribution in [3.8, 4) is 17.2 Å². The highest BCUT2D eigenvalue weighted by Crippen LogP contribution is 2.46. The van der Waals surface area contributed by atoms with Gasteiger partial charge in [0.1, 0.15) is 17.2 Å². The van der Waals surface area contributed by atoms with Gasteiger partial charge in [0.15, 0.2) is 11.5 Å². The highest BCUT2D eigenvalue weighted by atomic mass is 16.6. The highest BCUT2D eigenvalue weighted by Gasteiger charge is 2.31. The first kappa shape index (κ1) is 26.9. The van der Waals surface area contributed by atoms with E-state index in [0.717, 1.165) is 17.2 Å². The Morgan fingerprint density at radius 3 is 2.29 bits per heavy atom. The van der Waals surface area contributed by atoms with E-state index in [-0.39, 0.29) is 11.6 Å².